The van der Waals surface area contributed by atoms with E-state index in [0.29, 0.717) is 22.4 Å². The van der Waals surface area contributed by atoms with Crippen LogP contribution in [-0.2, 0) is 13.0 Å². The number of methoxy groups -OCH3 is 1. The molecule has 0 saturated carbocycles. The fourth-order valence-corrected chi connectivity index (χ4v) is 4.24. The van der Waals surface area contributed by atoms with Crippen molar-refractivity contribution in [3.05, 3.63) is 64.2 Å². The van der Waals surface area contributed by atoms with Crippen LogP contribution in [0.5, 0.6) is 5.75 Å². The molecule has 4 rings (SSSR count). The van der Waals surface area contributed by atoms with Gasteiger partial charge in [-0.3, -0.25) is 9.69 Å². The lowest BCUT2D eigenvalue weighted by Gasteiger charge is -2.33. The summed E-state index contributed by atoms with van der Waals surface area (Å²) >= 11 is 6.09. The molecule has 0 radical (unpaired) electrons. The molecule has 2 aromatic carbocycles. The first-order valence-corrected chi connectivity index (χ1v) is 9.47. The first-order valence-electron chi connectivity index (χ1n) is 9.09. The molecule has 2 aliphatic rings. The highest BCUT2D eigenvalue weighted by molar-refractivity contribution is 6.31. The van der Waals surface area contributed by atoms with Crippen LogP contribution in [0.15, 0.2) is 42.5 Å². The van der Waals surface area contributed by atoms with Gasteiger partial charge in [0, 0.05) is 37.2 Å². The van der Waals surface area contributed by atoms with Crippen molar-refractivity contribution in [2.45, 2.75) is 25.4 Å². The van der Waals surface area contributed by atoms with E-state index in [4.69, 9.17) is 16.3 Å². The van der Waals surface area contributed by atoms with Crippen molar-refractivity contribution in [1.82, 2.24) is 9.80 Å². The Hall–Kier alpha value is -2.04. The van der Waals surface area contributed by atoms with E-state index in [9.17, 15) is 4.79 Å². The Labute approximate surface area is 159 Å². The molecule has 2 aliphatic heterocycles. The van der Waals surface area contributed by atoms with Gasteiger partial charge in [0.15, 0.2) is 0 Å². The molecule has 2 heterocycles. The predicted octanol–water partition coefficient (Wildman–Crippen LogP) is 3.62. The van der Waals surface area contributed by atoms with Crippen LogP contribution in [0.3, 0.4) is 0 Å². The number of rotatable bonds is 3. The van der Waals surface area contributed by atoms with E-state index in [2.05, 4.69) is 29.2 Å². The monoisotopic (exact) mass is 370 g/mol. The first kappa shape index (κ1) is 17.4. The Bertz CT molecular complexity index is 823. The molecule has 1 amide bonds. The number of hydrogen-bond donors (Lipinski definition) is 0. The average Bonchev–Trinajstić information content (AvgIpc) is 3.17. The number of amides is 1. The minimum absolute atomic E-state index is 0.00394. The molecule has 1 saturated heterocycles. The number of likely N-dealkylation sites (tertiary alicyclic amines) is 1. The van der Waals surface area contributed by atoms with E-state index in [0.717, 1.165) is 39.0 Å². The highest BCUT2D eigenvalue weighted by Crippen LogP contribution is 2.28. The third kappa shape index (κ3) is 3.31. The lowest BCUT2D eigenvalue weighted by atomic mass is 9.98. The fraction of sp³-hybridized carbons (Fsp3) is 0.381. The summed E-state index contributed by atoms with van der Waals surface area (Å²) in [6.45, 7) is 3.57. The van der Waals surface area contributed by atoms with Gasteiger partial charge in [-0.2, -0.15) is 0 Å². The molecule has 26 heavy (non-hydrogen) atoms. The molecule has 2 aromatic rings. The maximum absolute atomic E-state index is 13.0. The van der Waals surface area contributed by atoms with Gasteiger partial charge in [-0.05, 0) is 42.2 Å². The fourth-order valence-electron chi connectivity index (χ4n) is 4.07. The lowest BCUT2D eigenvalue weighted by Crippen LogP contribution is -2.41. The van der Waals surface area contributed by atoms with Gasteiger partial charge in [-0.25, -0.2) is 0 Å². The minimum Gasteiger partial charge on any atom is -0.496 e. The largest absolute Gasteiger partial charge is 0.496 e. The maximum Gasteiger partial charge on any atom is 0.257 e. The summed E-state index contributed by atoms with van der Waals surface area (Å²) in [6, 6.07) is 14.3. The van der Waals surface area contributed by atoms with Crippen LogP contribution < -0.4 is 4.74 Å². The molecule has 0 N–H and O–H groups in total. The van der Waals surface area contributed by atoms with Gasteiger partial charge in [-0.15, -0.1) is 0 Å². The summed E-state index contributed by atoms with van der Waals surface area (Å²) in [5.41, 5.74) is 3.42. The van der Waals surface area contributed by atoms with Gasteiger partial charge in [0.05, 0.1) is 12.7 Å². The van der Waals surface area contributed by atoms with Gasteiger partial charge in [0.2, 0.25) is 0 Å². The molecule has 1 atom stereocenters. The van der Waals surface area contributed by atoms with Crippen molar-refractivity contribution in [2.75, 3.05) is 26.7 Å². The van der Waals surface area contributed by atoms with Gasteiger partial charge >= 0.3 is 0 Å². The topological polar surface area (TPSA) is 32.8 Å². The van der Waals surface area contributed by atoms with Crippen LogP contribution in [0.2, 0.25) is 5.02 Å². The van der Waals surface area contributed by atoms with Gasteiger partial charge in [0.25, 0.3) is 5.91 Å². The molecule has 5 heteroatoms. The third-order valence-corrected chi connectivity index (χ3v) is 5.75. The van der Waals surface area contributed by atoms with E-state index in [-0.39, 0.29) is 5.91 Å². The van der Waals surface area contributed by atoms with Crippen molar-refractivity contribution in [2.24, 2.45) is 0 Å². The second kappa shape index (κ2) is 7.29. The molecule has 0 bridgehead atoms. The van der Waals surface area contributed by atoms with E-state index in [1.807, 2.05) is 4.90 Å². The van der Waals surface area contributed by atoms with Crippen molar-refractivity contribution < 1.29 is 9.53 Å². The molecule has 0 unspecified atom stereocenters. The number of halogens is 1. The Balaban J connectivity index is 1.46. The average molecular weight is 371 g/mol. The van der Waals surface area contributed by atoms with Gasteiger partial charge < -0.3 is 9.64 Å². The summed E-state index contributed by atoms with van der Waals surface area (Å²) in [5.74, 6) is 0.582. The summed E-state index contributed by atoms with van der Waals surface area (Å²) in [7, 11) is 1.58. The van der Waals surface area contributed by atoms with Gasteiger partial charge in [0.1, 0.15) is 5.75 Å². The quantitative estimate of drug-likeness (QED) is 0.827. The van der Waals surface area contributed by atoms with Gasteiger partial charge in [-0.1, -0.05) is 35.9 Å². The lowest BCUT2D eigenvalue weighted by molar-refractivity contribution is 0.0770. The van der Waals surface area contributed by atoms with E-state index >= 15 is 0 Å². The zero-order chi connectivity index (χ0) is 18.1. The van der Waals surface area contributed by atoms with E-state index in [1.54, 1.807) is 25.3 Å². The number of ether oxygens (including phenoxy) is 1. The number of hydrogen-bond acceptors (Lipinski definition) is 3. The summed E-state index contributed by atoms with van der Waals surface area (Å²) < 4.78 is 5.35. The Kier molecular flexibility index (Phi) is 4.88. The number of benzene rings is 2. The highest BCUT2D eigenvalue weighted by atomic mass is 35.5. The molecule has 4 nitrogen and oxygen atoms in total. The zero-order valence-electron chi connectivity index (χ0n) is 15.0. The first-order chi connectivity index (χ1) is 12.7. The second-order valence-electron chi connectivity index (χ2n) is 7.03. The number of fused-ring (bicyclic) bond motifs is 1. The molecule has 1 fully saturated rings. The van der Waals surface area contributed by atoms with Crippen LogP contribution in [-0.4, -0.2) is 48.5 Å². The molecule has 0 aliphatic carbocycles. The SMILES string of the molecule is COc1ccc(Cl)cc1C(=O)N1CC[C@H](N2CCc3ccccc3C2)C1. The summed E-state index contributed by atoms with van der Waals surface area (Å²) in [6.07, 6.45) is 2.10. The molecule has 0 spiro atoms. The molecular weight excluding hydrogens is 348 g/mol. The third-order valence-electron chi connectivity index (χ3n) is 5.52. The zero-order valence-corrected chi connectivity index (χ0v) is 15.7. The van der Waals surface area contributed by atoms with Crippen molar-refractivity contribution in [1.29, 1.82) is 0 Å². The maximum atomic E-state index is 13.0. The predicted molar refractivity (Wildman–Crippen MR) is 103 cm³/mol. The molecular formula is C21H23ClN2O2. The minimum atomic E-state index is 0.00394. The summed E-state index contributed by atoms with van der Waals surface area (Å²) in [5, 5.41) is 0.553. The van der Waals surface area contributed by atoms with E-state index in [1.165, 1.54) is 11.1 Å². The van der Waals surface area contributed by atoms with Crippen molar-refractivity contribution in [3.8, 4) is 5.75 Å². The van der Waals surface area contributed by atoms with Crippen molar-refractivity contribution in [3.63, 3.8) is 0 Å². The standard InChI is InChI=1S/C21H23ClN2O2/c1-26-20-7-6-17(22)12-19(20)21(25)24-11-9-18(14-24)23-10-8-15-4-2-3-5-16(15)13-23/h2-7,12,18H,8-11,13-14H2,1H3/t18-/m0/s1. The smallest absolute Gasteiger partial charge is 0.257 e. The highest BCUT2D eigenvalue weighted by Gasteiger charge is 2.33. The Morgan fingerprint density at radius 3 is 2.77 bits per heavy atom. The van der Waals surface area contributed by atoms with Crippen LogP contribution in [0.1, 0.15) is 27.9 Å². The molecule has 0 aromatic heterocycles. The Morgan fingerprint density at radius 1 is 1.15 bits per heavy atom. The Morgan fingerprint density at radius 2 is 1.96 bits per heavy atom. The second-order valence-corrected chi connectivity index (χ2v) is 7.46. The van der Waals surface area contributed by atoms with Crippen LogP contribution in [0.4, 0.5) is 0 Å². The summed E-state index contributed by atoms with van der Waals surface area (Å²) in [4.78, 5) is 17.4. The van der Waals surface area contributed by atoms with E-state index < -0.39 is 0 Å². The number of nitrogens with zero attached hydrogens (tertiary/aromatic N) is 2. The number of carbonyl (C=O) groups excluding carboxylic acids is 1. The molecule has 136 valence electrons. The van der Waals surface area contributed by atoms with Crippen LogP contribution in [0.25, 0.3) is 0 Å². The normalized spacial score (nSPS) is 20.1. The number of carbonyl (C=O) groups is 1. The van der Waals surface area contributed by atoms with Crippen LogP contribution in [0, 0.1) is 0 Å². The van der Waals surface area contributed by atoms with Crippen molar-refractivity contribution >= 4 is 17.5 Å². The van der Waals surface area contributed by atoms with Crippen LogP contribution >= 0.6 is 11.6 Å².